The SMILES string of the molecule is CC[C@H](C)[C@H](CC(=O)[C@H]1CCCCN1C)C(=O)N(C)[C@@H](C(C)C)N(C)[C@@H](OC(C)=O)c1nc(C(=O)N[C@@H](Cc2ccc(O)c(CC(=O)CCOCCOCCOCCNC(=O)C3SCSC3C(=O)NCCOCCOCCOCCC(=O)Nc3cc(C[C@@H](CC(C)C(=O)O)NC(=O)c4csc([C@H](OC(C)=O)N(C)[C@H](C(C)C)N(C)C(=O)[C@@H](CC(=O)[C@H]5CCCCN5C)[C@@H](C)CC)n4)ccc3O)c2)CC(C)C(=O)O)cs1. The molecule has 7 amide bonds. The van der Waals surface area contributed by atoms with Crippen LogP contribution in [0.2, 0.25) is 0 Å². The summed E-state index contributed by atoms with van der Waals surface area (Å²) in [5.74, 6) is -10.3. The Hall–Kier alpha value is -9.22. The van der Waals surface area contributed by atoms with E-state index in [0.717, 1.165) is 74.3 Å². The standard InChI is InChI=1S/C102H157N13O26S4/c1-19-63(7)75(56-84(121)80-25-21-23-35-110(80)13)97(128)112(15)95(61(3)4)114(17)99(140-67(11)116)93-108-78(58-142-93)89(124)105-72(49-65(9)101(130)131)52-69-27-29-82(119)71(51-69)55-74(118)31-37-134-41-45-138-47-43-136-39-33-103-91(126)87-88(145-60-144-87)92(127)104-34-40-137-44-48-139-46-42-135-38-32-86(123)107-77-54-70(28-30-83(77)120)53-73(50-66(10)102(132)133)106-90(125)79-59-143-94(109-79)100(141-68(12)117)115(18)96(62(5)6)113(16)98(129)76(64(8)20-2)57-85(122)81-26-22-24-36-111(81)14/h27-30,51,54,58-59,61-66,72-73,75-76,80-81,87-88,95-96,99-100,119-120H,19-26,31-50,52-53,55-57,60H2,1-18H3,(H,103,126)(H,104,127)(H,105,124)(H,106,125)(H,107,123)(H,130,131)(H,132,133)/t63-,64-,65?,66?,72+,73+,75-,76-,80+,81+,87?,88?,95+,96+,99-,100-/m0/s1. The fourth-order valence-electron chi connectivity index (χ4n) is 18.4. The van der Waals surface area contributed by atoms with Crippen molar-refractivity contribution in [3.8, 4) is 11.5 Å². The first-order valence-corrected chi connectivity index (χ1v) is 54.3. The summed E-state index contributed by atoms with van der Waals surface area (Å²) in [5.41, 5.74) is 1.50. The van der Waals surface area contributed by atoms with Crippen molar-refractivity contribution in [1.29, 1.82) is 0 Å². The fraction of sp³-hybridized carbons (Fsp3) is 0.686. The third kappa shape index (κ3) is 39.7. The first-order valence-electron chi connectivity index (χ1n) is 50.4. The molecule has 0 radical (unpaired) electrons. The van der Waals surface area contributed by atoms with Gasteiger partial charge in [-0.25, -0.2) is 19.8 Å². The highest BCUT2D eigenvalue weighted by Gasteiger charge is 2.45. The molecule has 9 N–H and O–H groups in total. The number of benzene rings is 2. The highest BCUT2D eigenvalue weighted by atomic mass is 32.2. The number of phenolic OH excluding ortho intramolecular Hbond substituents is 2. The van der Waals surface area contributed by atoms with Gasteiger partial charge in [0.15, 0.2) is 11.6 Å². The molecule has 3 aliphatic rings. The van der Waals surface area contributed by atoms with E-state index < -0.39 is 113 Å². The minimum atomic E-state index is -1.15. The number of Topliss-reactive ketones (excluding diaryl/α,β-unsaturated/α-hetero) is 3. The number of aromatic nitrogens is 2. The van der Waals surface area contributed by atoms with Crippen LogP contribution in [0.25, 0.3) is 0 Å². The minimum Gasteiger partial charge on any atom is -0.508 e. The molecule has 810 valence electrons. The maximum Gasteiger partial charge on any atom is 0.306 e. The Morgan fingerprint density at radius 2 is 0.890 bits per heavy atom. The molecule has 0 saturated carbocycles. The van der Waals surface area contributed by atoms with Gasteiger partial charge in [-0.3, -0.25) is 76.9 Å². The third-order valence-corrected chi connectivity index (χ3v) is 31.4. The van der Waals surface area contributed by atoms with Crippen molar-refractivity contribution in [2.24, 2.45) is 47.3 Å². The zero-order chi connectivity index (χ0) is 107. The number of rotatable bonds is 67. The number of ketones is 3. The number of hydrogen-bond acceptors (Lipinski definition) is 34. The van der Waals surface area contributed by atoms with Crippen LogP contribution in [0.15, 0.2) is 47.2 Å². The number of aliphatic carboxylic acids is 2. The number of carbonyl (C=O) groups excluding carboxylic acids is 12. The summed E-state index contributed by atoms with van der Waals surface area (Å²) in [6.07, 6.45) is 3.36. The molecule has 3 aliphatic heterocycles. The predicted molar refractivity (Wildman–Crippen MR) is 551 cm³/mol. The van der Waals surface area contributed by atoms with Crippen LogP contribution < -0.4 is 26.6 Å². The van der Waals surface area contributed by atoms with Crippen molar-refractivity contribution in [3.05, 3.63) is 85.3 Å². The molecule has 4 aromatic rings. The first kappa shape index (κ1) is 123. The monoisotopic (exact) mass is 2110 g/mol. The average Bonchev–Trinajstić information content (AvgIpc) is 1.78. The lowest BCUT2D eigenvalue weighted by molar-refractivity contribution is -0.170. The highest BCUT2D eigenvalue weighted by Crippen LogP contribution is 2.40. The van der Waals surface area contributed by atoms with E-state index in [2.05, 4.69) is 46.4 Å². The average molecular weight is 2110 g/mol. The minimum absolute atomic E-state index is 0.00904. The number of anilines is 1. The van der Waals surface area contributed by atoms with Gasteiger partial charge in [-0.2, -0.15) is 0 Å². The Bertz CT molecular complexity index is 4560. The number of carboxylic acid groups (broad SMARTS) is 2. The van der Waals surface area contributed by atoms with Crippen molar-refractivity contribution in [2.75, 3.05) is 158 Å². The Morgan fingerprint density at radius 3 is 1.28 bits per heavy atom. The van der Waals surface area contributed by atoms with Crippen LogP contribution in [0, 0.1) is 47.3 Å². The molecule has 39 nitrogen and oxygen atoms in total. The number of phenols is 2. The van der Waals surface area contributed by atoms with Gasteiger partial charge < -0.3 is 94.7 Å². The number of nitrogens with one attached hydrogen (secondary N) is 5. The predicted octanol–water partition coefficient (Wildman–Crippen LogP) is 10.0. The maximum atomic E-state index is 14.6. The number of thiazole rings is 2. The number of likely N-dealkylation sites (tertiary alicyclic amines) is 2. The summed E-state index contributed by atoms with van der Waals surface area (Å²) in [6.45, 7) is 25.3. The van der Waals surface area contributed by atoms with Gasteiger partial charge in [0.2, 0.25) is 42.0 Å². The summed E-state index contributed by atoms with van der Waals surface area (Å²) in [5, 5.41) is 58.7. The number of aromatic hydroxyl groups is 2. The van der Waals surface area contributed by atoms with E-state index >= 15 is 0 Å². The van der Waals surface area contributed by atoms with Crippen LogP contribution in [0.1, 0.15) is 233 Å². The summed E-state index contributed by atoms with van der Waals surface area (Å²) >= 11 is 4.87. The number of carboxylic acids is 2. The smallest absolute Gasteiger partial charge is 0.306 e. The lowest BCUT2D eigenvalue weighted by Gasteiger charge is -2.42. The third-order valence-electron chi connectivity index (χ3n) is 26.7. The normalized spacial score (nSPS) is 18.2. The van der Waals surface area contributed by atoms with E-state index in [4.69, 9.17) is 37.9 Å². The maximum absolute atomic E-state index is 14.6. The van der Waals surface area contributed by atoms with Gasteiger partial charge in [-0.05, 0) is 146 Å². The second-order valence-electron chi connectivity index (χ2n) is 38.7. The molecule has 5 heterocycles. The van der Waals surface area contributed by atoms with E-state index in [-0.39, 0.29) is 265 Å². The number of piperidine rings is 2. The largest absolute Gasteiger partial charge is 0.508 e. The number of ether oxygens (including phenoxy) is 8. The molecular formula is C102H157N13O26S4. The van der Waals surface area contributed by atoms with Crippen LogP contribution in [-0.4, -0.2) is 342 Å². The van der Waals surface area contributed by atoms with Gasteiger partial charge in [0.1, 0.15) is 49.2 Å². The highest BCUT2D eigenvalue weighted by molar-refractivity contribution is 8.20. The van der Waals surface area contributed by atoms with Crippen LogP contribution in [0.3, 0.4) is 0 Å². The summed E-state index contributed by atoms with van der Waals surface area (Å²) in [4.78, 5) is 208. The fourth-order valence-corrected chi connectivity index (χ4v) is 23.1. The number of thioether (sulfide) groups is 2. The molecule has 0 spiro atoms. The van der Waals surface area contributed by atoms with Crippen molar-refractivity contribution in [1.82, 2.24) is 60.6 Å². The van der Waals surface area contributed by atoms with E-state index in [0.29, 0.717) is 34.6 Å². The van der Waals surface area contributed by atoms with Gasteiger partial charge in [0.05, 0.1) is 128 Å². The van der Waals surface area contributed by atoms with Crippen molar-refractivity contribution in [3.63, 3.8) is 0 Å². The quantitative estimate of drug-likeness (QED) is 0.00858. The molecule has 3 saturated heterocycles. The number of carbonyl (C=O) groups is 14. The van der Waals surface area contributed by atoms with Crippen molar-refractivity contribution in [2.45, 2.75) is 252 Å². The van der Waals surface area contributed by atoms with Crippen LogP contribution in [0.4, 0.5) is 5.69 Å². The van der Waals surface area contributed by atoms with Crippen LogP contribution >= 0.6 is 46.2 Å². The molecule has 0 aliphatic carbocycles. The topological polar surface area (TPSA) is 499 Å². The number of hydrogen-bond donors (Lipinski definition) is 9. The van der Waals surface area contributed by atoms with Gasteiger partial charge in [-0.15, -0.1) is 46.2 Å². The van der Waals surface area contributed by atoms with Gasteiger partial charge in [0.25, 0.3) is 11.8 Å². The molecule has 43 heteroatoms. The molecule has 3 fully saturated rings. The van der Waals surface area contributed by atoms with Gasteiger partial charge >= 0.3 is 23.9 Å². The van der Waals surface area contributed by atoms with Crippen LogP contribution in [0.5, 0.6) is 11.5 Å². The summed E-state index contributed by atoms with van der Waals surface area (Å²) < 4.78 is 45.6. The Labute approximate surface area is 869 Å². The summed E-state index contributed by atoms with van der Waals surface area (Å²) in [7, 11) is 10.7. The Morgan fingerprint density at radius 1 is 0.503 bits per heavy atom. The molecule has 145 heavy (non-hydrogen) atoms. The second kappa shape index (κ2) is 62.9. The second-order valence-corrected chi connectivity index (χ2v) is 43.1. The lowest BCUT2D eigenvalue weighted by atomic mass is 9.83. The summed E-state index contributed by atoms with van der Waals surface area (Å²) in [6, 6.07) is 7.16. The van der Waals surface area contributed by atoms with E-state index in [1.165, 1.54) is 80.2 Å². The zero-order valence-corrected chi connectivity index (χ0v) is 90.8. The number of likely N-dealkylation sites (N-methyl/N-ethyl adjacent to an activating group) is 2. The van der Waals surface area contributed by atoms with E-state index in [1.54, 1.807) is 66.0 Å². The molecule has 16 atom stereocenters. The molecule has 7 rings (SSSR count). The molecule has 2 aromatic heterocycles. The van der Waals surface area contributed by atoms with Crippen molar-refractivity contribution >= 4 is 134 Å². The molecule has 4 unspecified atom stereocenters. The number of esters is 2. The van der Waals surface area contributed by atoms with Crippen molar-refractivity contribution < 1.29 is 125 Å². The first-order chi connectivity index (χ1) is 68.9. The molecular weight excluding hydrogens is 1950 g/mol. The molecule has 2 aromatic carbocycles. The zero-order valence-electron chi connectivity index (χ0n) is 87.5. The lowest BCUT2D eigenvalue weighted by Crippen LogP contribution is -2.54. The van der Waals surface area contributed by atoms with Crippen LogP contribution in [-0.2, 0) is 115 Å². The number of nitrogens with zero attached hydrogens (tertiary/aromatic N) is 8. The van der Waals surface area contributed by atoms with E-state index in [9.17, 15) is 87.5 Å². The molecule has 0 bridgehead atoms. The van der Waals surface area contributed by atoms with Gasteiger partial charge in [0, 0.05) is 112 Å². The number of amides is 7. The Balaban J connectivity index is 0.740. The van der Waals surface area contributed by atoms with E-state index in [1.807, 2.05) is 69.5 Å². The van der Waals surface area contributed by atoms with Gasteiger partial charge in [-0.1, -0.05) is 113 Å². The Kier molecular flexibility index (Phi) is 53.3.